The molecule has 1 N–H and O–H groups in total. The monoisotopic (exact) mass is 230 g/mol. The zero-order valence-corrected chi connectivity index (χ0v) is 9.23. The normalized spacial score (nSPS) is 10.5. The highest BCUT2D eigenvalue weighted by Gasteiger charge is 2.00. The number of rotatable bonds is 7. The molecule has 0 saturated carbocycles. The molecule has 1 aromatic heterocycles. The van der Waals surface area contributed by atoms with Crippen molar-refractivity contribution >= 4 is 18.6 Å². The summed E-state index contributed by atoms with van der Waals surface area (Å²) in [6, 6.07) is 0. The molecule has 1 heterocycles. The van der Waals surface area contributed by atoms with Crippen LogP contribution in [0.3, 0.4) is 0 Å². The minimum Gasteiger partial charge on any atom is -0.481 e. The van der Waals surface area contributed by atoms with E-state index in [0.29, 0.717) is 5.16 Å². The molecule has 0 unspecified atom stereocenters. The fourth-order valence-electron chi connectivity index (χ4n) is 1.24. The number of carboxylic acid groups (broad SMARTS) is 1. The molecular weight excluding hydrogens is 216 g/mol. The number of carbonyl (C=O) groups is 1. The van der Waals surface area contributed by atoms with Crippen LogP contribution in [-0.4, -0.2) is 31.3 Å². The number of unbranched alkanes of at least 4 members (excludes halogenated alkanes) is 3. The smallest absolute Gasteiger partial charge is 0.303 e. The van der Waals surface area contributed by atoms with Crippen molar-refractivity contribution in [2.75, 3.05) is 0 Å². The first-order valence-corrected chi connectivity index (χ1v) is 5.32. The molecule has 0 radical (unpaired) electrons. The average molecular weight is 230 g/mol. The highest BCUT2D eigenvalue weighted by molar-refractivity contribution is 7.80. The summed E-state index contributed by atoms with van der Waals surface area (Å²) in [5.41, 5.74) is 0. The Morgan fingerprint density at radius 1 is 1.33 bits per heavy atom. The number of carboxylic acids is 1. The minimum absolute atomic E-state index is 0.253. The summed E-state index contributed by atoms with van der Waals surface area (Å²) < 4.78 is 1.63. The predicted octanol–water partition coefficient (Wildman–Crippen LogP) is 0.997. The van der Waals surface area contributed by atoms with Gasteiger partial charge in [-0.3, -0.25) is 4.79 Å². The maximum Gasteiger partial charge on any atom is 0.303 e. The number of tetrazole rings is 1. The second-order valence-electron chi connectivity index (χ2n) is 3.26. The maximum absolute atomic E-state index is 10.2. The Kier molecular flexibility index (Phi) is 5.09. The Morgan fingerprint density at radius 3 is 2.67 bits per heavy atom. The van der Waals surface area contributed by atoms with Gasteiger partial charge in [-0.1, -0.05) is 12.8 Å². The van der Waals surface area contributed by atoms with Gasteiger partial charge >= 0.3 is 5.97 Å². The van der Waals surface area contributed by atoms with E-state index in [9.17, 15) is 4.79 Å². The first-order chi connectivity index (χ1) is 7.20. The van der Waals surface area contributed by atoms with Gasteiger partial charge in [0.25, 0.3) is 0 Å². The molecule has 0 saturated heterocycles. The van der Waals surface area contributed by atoms with Gasteiger partial charge < -0.3 is 5.11 Å². The summed E-state index contributed by atoms with van der Waals surface area (Å²) in [6.07, 6.45) is 3.84. The van der Waals surface area contributed by atoms with Crippen molar-refractivity contribution in [1.29, 1.82) is 0 Å². The van der Waals surface area contributed by atoms with E-state index in [1.54, 1.807) is 4.68 Å². The molecule has 0 fully saturated rings. The third-order valence-corrected chi connectivity index (χ3v) is 2.34. The lowest BCUT2D eigenvalue weighted by Crippen LogP contribution is -2.01. The molecule has 0 aliphatic rings. The molecule has 0 bridgehead atoms. The van der Waals surface area contributed by atoms with Crippen LogP contribution in [0.2, 0.25) is 0 Å². The number of aryl methyl sites for hydroxylation is 1. The third-order valence-electron chi connectivity index (χ3n) is 2.02. The van der Waals surface area contributed by atoms with E-state index >= 15 is 0 Å². The van der Waals surface area contributed by atoms with Gasteiger partial charge in [0.05, 0.1) is 0 Å². The van der Waals surface area contributed by atoms with Gasteiger partial charge in [0.1, 0.15) is 0 Å². The average Bonchev–Trinajstić information content (AvgIpc) is 2.57. The highest BCUT2D eigenvalue weighted by atomic mass is 32.1. The molecule has 0 aliphatic heterocycles. The van der Waals surface area contributed by atoms with Crippen molar-refractivity contribution in [1.82, 2.24) is 20.2 Å². The van der Waals surface area contributed by atoms with Crippen LogP contribution in [0, 0.1) is 0 Å². The Labute approximate surface area is 93.1 Å². The van der Waals surface area contributed by atoms with Crippen LogP contribution in [0.15, 0.2) is 5.16 Å². The van der Waals surface area contributed by atoms with Gasteiger partial charge in [-0.05, 0) is 23.3 Å². The lowest BCUT2D eigenvalue weighted by atomic mass is 10.1. The lowest BCUT2D eigenvalue weighted by Gasteiger charge is -2.00. The van der Waals surface area contributed by atoms with Gasteiger partial charge in [0, 0.05) is 13.0 Å². The molecule has 1 aromatic rings. The number of aliphatic carboxylic acids is 1. The summed E-state index contributed by atoms with van der Waals surface area (Å²) in [6.45, 7) is 0.735. The van der Waals surface area contributed by atoms with Crippen LogP contribution in [0.25, 0.3) is 0 Å². The van der Waals surface area contributed by atoms with E-state index in [-0.39, 0.29) is 6.42 Å². The van der Waals surface area contributed by atoms with Gasteiger partial charge in [-0.2, -0.15) is 0 Å². The summed E-state index contributed by atoms with van der Waals surface area (Å²) in [5.74, 6) is -0.729. The summed E-state index contributed by atoms with van der Waals surface area (Å²) in [4.78, 5) is 10.2. The molecule has 84 valence electrons. The number of aromatic nitrogens is 4. The van der Waals surface area contributed by atoms with Crippen LogP contribution in [0.1, 0.15) is 32.1 Å². The van der Waals surface area contributed by atoms with E-state index in [1.165, 1.54) is 0 Å². The van der Waals surface area contributed by atoms with Crippen LogP contribution in [0.4, 0.5) is 0 Å². The van der Waals surface area contributed by atoms with Crippen molar-refractivity contribution < 1.29 is 9.90 Å². The van der Waals surface area contributed by atoms with Crippen molar-refractivity contribution in [3.05, 3.63) is 0 Å². The zero-order chi connectivity index (χ0) is 11.1. The maximum atomic E-state index is 10.2. The number of thiol groups is 1. The third kappa shape index (κ3) is 4.78. The topological polar surface area (TPSA) is 80.9 Å². The minimum atomic E-state index is -0.729. The Bertz CT molecular complexity index is 315. The standard InChI is InChI=1S/C8H14N4O2S/c13-7(14)5-3-1-2-4-6-12-8(15)9-10-11-12/h1-6H2,(H,13,14)(H,9,11,15). The Balaban J connectivity index is 2.03. The van der Waals surface area contributed by atoms with Crippen molar-refractivity contribution in [3.8, 4) is 0 Å². The van der Waals surface area contributed by atoms with Crippen LogP contribution < -0.4 is 0 Å². The number of hydrogen-bond donors (Lipinski definition) is 2. The molecule has 1 rings (SSSR count). The quantitative estimate of drug-likeness (QED) is 0.539. The zero-order valence-electron chi connectivity index (χ0n) is 8.33. The largest absolute Gasteiger partial charge is 0.481 e. The second kappa shape index (κ2) is 6.39. The SMILES string of the molecule is O=C(O)CCCCCCn1nnnc1S. The van der Waals surface area contributed by atoms with E-state index in [4.69, 9.17) is 5.11 Å². The van der Waals surface area contributed by atoms with Gasteiger partial charge in [-0.25, -0.2) is 4.68 Å². The number of hydrogen-bond acceptors (Lipinski definition) is 5. The van der Waals surface area contributed by atoms with Crippen molar-refractivity contribution in [3.63, 3.8) is 0 Å². The van der Waals surface area contributed by atoms with Gasteiger partial charge in [0.15, 0.2) is 0 Å². The molecule has 0 atom stereocenters. The molecule has 0 amide bonds. The first kappa shape index (κ1) is 12.0. The lowest BCUT2D eigenvalue weighted by molar-refractivity contribution is -0.137. The summed E-state index contributed by atoms with van der Waals surface area (Å²) in [5, 5.41) is 19.8. The molecule has 7 heteroatoms. The number of nitrogens with zero attached hydrogens (tertiary/aromatic N) is 4. The molecule has 0 spiro atoms. The fraction of sp³-hybridized carbons (Fsp3) is 0.750. The second-order valence-corrected chi connectivity index (χ2v) is 3.66. The predicted molar refractivity (Wildman–Crippen MR) is 55.8 cm³/mol. The van der Waals surface area contributed by atoms with Crippen LogP contribution >= 0.6 is 12.6 Å². The molecule has 6 nitrogen and oxygen atoms in total. The van der Waals surface area contributed by atoms with E-state index in [2.05, 4.69) is 28.2 Å². The Morgan fingerprint density at radius 2 is 2.07 bits per heavy atom. The Hall–Kier alpha value is -1.11. The van der Waals surface area contributed by atoms with E-state index in [1.807, 2.05) is 0 Å². The van der Waals surface area contributed by atoms with Crippen molar-refractivity contribution in [2.24, 2.45) is 0 Å². The molecular formula is C8H14N4O2S. The summed E-state index contributed by atoms with van der Waals surface area (Å²) in [7, 11) is 0. The molecule has 0 aromatic carbocycles. The molecule has 0 aliphatic carbocycles. The van der Waals surface area contributed by atoms with Gasteiger partial charge in [-0.15, -0.1) is 17.7 Å². The molecule has 15 heavy (non-hydrogen) atoms. The van der Waals surface area contributed by atoms with Crippen LogP contribution in [0.5, 0.6) is 0 Å². The highest BCUT2D eigenvalue weighted by Crippen LogP contribution is 2.06. The fourth-order valence-corrected chi connectivity index (χ4v) is 1.42. The first-order valence-electron chi connectivity index (χ1n) is 4.87. The van der Waals surface area contributed by atoms with Gasteiger partial charge in [0.2, 0.25) is 5.16 Å². The summed E-state index contributed by atoms with van der Waals surface area (Å²) >= 11 is 4.07. The van der Waals surface area contributed by atoms with E-state index in [0.717, 1.165) is 32.2 Å². The van der Waals surface area contributed by atoms with E-state index < -0.39 is 5.97 Å². The van der Waals surface area contributed by atoms with Crippen molar-refractivity contribution in [2.45, 2.75) is 43.8 Å². The van der Waals surface area contributed by atoms with Crippen LogP contribution in [-0.2, 0) is 11.3 Å².